The summed E-state index contributed by atoms with van der Waals surface area (Å²) in [6.45, 7) is 0.0211. The molecule has 2 aliphatic heterocycles. The number of nitrogens with zero attached hydrogens (tertiary/aromatic N) is 3. The minimum atomic E-state index is -4.57. The summed E-state index contributed by atoms with van der Waals surface area (Å²) >= 11 is 5.93. The zero-order valence-corrected chi connectivity index (χ0v) is 19.4. The van der Waals surface area contributed by atoms with Crippen LogP contribution in [-0.2, 0) is 20.6 Å². The van der Waals surface area contributed by atoms with Crippen molar-refractivity contribution in [2.75, 3.05) is 23.5 Å². The Bertz CT molecular complexity index is 1280. The Morgan fingerprint density at radius 1 is 1.00 bits per heavy atom. The van der Waals surface area contributed by atoms with Crippen LogP contribution in [0, 0.1) is 5.92 Å². The third-order valence-corrected chi connectivity index (χ3v) is 6.44. The van der Waals surface area contributed by atoms with Gasteiger partial charge in [0, 0.05) is 19.3 Å². The van der Waals surface area contributed by atoms with E-state index in [2.05, 4.69) is 10.3 Å². The van der Waals surface area contributed by atoms with Gasteiger partial charge in [-0.2, -0.15) is 13.2 Å². The molecule has 3 heterocycles. The van der Waals surface area contributed by atoms with Crippen LogP contribution in [0.3, 0.4) is 0 Å². The Hall–Kier alpha value is -3.63. The van der Waals surface area contributed by atoms with Crippen molar-refractivity contribution >= 4 is 34.9 Å². The zero-order chi connectivity index (χ0) is 25.4. The molecular formula is C25H20ClF3N4O3. The number of halogens is 4. The van der Waals surface area contributed by atoms with Gasteiger partial charge >= 0.3 is 6.18 Å². The number of carbonyl (C=O) groups excluding carboxylic acids is 2. The third kappa shape index (κ3) is 4.38. The molecule has 5 rings (SSSR count). The predicted octanol–water partition coefficient (Wildman–Crippen LogP) is 4.71. The number of alkyl halides is 3. The van der Waals surface area contributed by atoms with E-state index in [1.807, 2.05) is 60.7 Å². The van der Waals surface area contributed by atoms with E-state index in [0.29, 0.717) is 6.20 Å². The Kier molecular flexibility index (Phi) is 6.31. The highest BCUT2D eigenvalue weighted by Crippen LogP contribution is 2.46. The van der Waals surface area contributed by atoms with Crippen molar-refractivity contribution in [1.82, 2.24) is 9.88 Å². The van der Waals surface area contributed by atoms with E-state index in [1.54, 1.807) is 5.06 Å². The quantitative estimate of drug-likeness (QED) is 0.478. The van der Waals surface area contributed by atoms with E-state index >= 15 is 0 Å². The van der Waals surface area contributed by atoms with Crippen molar-refractivity contribution in [2.45, 2.75) is 18.3 Å². The number of anilines is 2. The van der Waals surface area contributed by atoms with Gasteiger partial charge in [-0.3, -0.25) is 19.3 Å². The molecule has 0 aliphatic carbocycles. The van der Waals surface area contributed by atoms with Crippen molar-refractivity contribution in [2.24, 2.45) is 5.92 Å². The monoisotopic (exact) mass is 516 g/mol. The first kappa shape index (κ1) is 24.1. The molecule has 0 bridgehead atoms. The van der Waals surface area contributed by atoms with Crippen molar-refractivity contribution < 1.29 is 27.6 Å². The fourth-order valence-electron chi connectivity index (χ4n) is 4.49. The van der Waals surface area contributed by atoms with Gasteiger partial charge in [-0.15, -0.1) is 0 Å². The van der Waals surface area contributed by atoms with Gasteiger partial charge < -0.3 is 5.32 Å². The van der Waals surface area contributed by atoms with Crippen LogP contribution in [0.15, 0.2) is 72.9 Å². The van der Waals surface area contributed by atoms with Crippen molar-refractivity contribution in [3.8, 4) is 0 Å². The molecule has 36 heavy (non-hydrogen) atoms. The van der Waals surface area contributed by atoms with Crippen LogP contribution in [0.4, 0.5) is 24.7 Å². The SMILES string of the molecule is O=C1[C@H]2[C@H](ON(c3ccccc3)[C@H]2c2ccccc2)C(=O)N1CCNc1ncc(C(F)(F)F)cc1Cl. The number of imide groups is 1. The van der Waals surface area contributed by atoms with Gasteiger partial charge in [0.15, 0.2) is 6.10 Å². The van der Waals surface area contributed by atoms with Crippen LogP contribution in [0.25, 0.3) is 0 Å². The van der Waals surface area contributed by atoms with E-state index < -0.39 is 35.7 Å². The molecule has 1 N–H and O–H groups in total. The van der Waals surface area contributed by atoms with Crippen LogP contribution in [0.2, 0.25) is 5.02 Å². The molecule has 3 aromatic rings. The minimum absolute atomic E-state index is 0.0256. The number of hydrogen-bond donors (Lipinski definition) is 1. The smallest absolute Gasteiger partial charge is 0.367 e. The maximum atomic E-state index is 13.4. The zero-order valence-electron chi connectivity index (χ0n) is 18.7. The van der Waals surface area contributed by atoms with E-state index in [1.165, 1.54) is 0 Å². The lowest BCUT2D eigenvalue weighted by Crippen LogP contribution is -2.39. The van der Waals surface area contributed by atoms with Crippen LogP contribution < -0.4 is 10.4 Å². The Labute approximate surface area is 209 Å². The number of rotatable bonds is 6. The number of benzene rings is 2. The summed E-state index contributed by atoms with van der Waals surface area (Å²) in [5.41, 5.74) is 0.580. The second-order valence-corrected chi connectivity index (χ2v) is 8.78. The molecule has 0 spiro atoms. The molecule has 2 saturated heterocycles. The summed E-state index contributed by atoms with van der Waals surface area (Å²) in [7, 11) is 0. The van der Waals surface area contributed by atoms with Crippen LogP contribution in [0.1, 0.15) is 17.2 Å². The summed E-state index contributed by atoms with van der Waals surface area (Å²) in [5.74, 6) is -1.59. The van der Waals surface area contributed by atoms with Gasteiger partial charge in [-0.25, -0.2) is 10.0 Å². The molecular weight excluding hydrogens is 497 g/mol. The minimum Gasteiger partial charge on any atom is -0.367 e. The highest BCUT2D eigenvalue weighted by atomic mass is 35.5. The largest absolute Gasteiger partial charge is 0.417 e. The molecule has 3 atom stereocenters. The lowest BCUT2D eigenvalue weighted by Gasteiger charge is -2.28. The Balaban J connectivity index is 1.33. The summed E-state index contributed by atoms with van der Waals surface area (Å²) < 4.78 is 38.5. The molecule has 0 unspecified atom stereocenters. The summed E-state index contributed by atoms with van der Waals surface area (Å²) in [4.78, 5) is 37.5. The number of likely N-dealkylation sites (tertiary alicyclic amines) is 1. The number of fused-ring (bicyclic) bond motifs is 1. The number of para-hydroxylation sites is 1. The van der Waals surface area contributed by atoms with E-state index in [0.717, 1.165) is 22.2 Å². The van der Waals surface area contributed by atoms with Gasteiger partial charge in [0.1, 0.15) is 11.7 Å². The fourth-order valence-corrected chi connectivity index (χ4v) is 4.72. The number of hydrogen-bond acceptors (Lipinski definition) is 6. The average molecular weight is 517 g/mol. The molecule has 1 aromatic heterocycles. The van der Waals surface area contributed by atoms with Gasteiger partial charge in [0.25, 0.3) is 5.91 Å². The maximum absolute atomic E-state index is 13.4. The van der Waals surface area contributed by atoms with Crippen molar-refractivity contribution in [3.05, 3.63) is 89.1 Å². The van der Waals surface area contributed by atoms with Gasteiger partial charge in [0.2, 0.25) is 5.91 Å². The standard InChI is InChI=1S/C25H20ClF3N4O3/c26-18-13-16(25(27,28)29)14-31-22(18)30-11-12-32-23(34)19-20(15-7-3-1-4-8-15)33(36-21(19)24(32)35)17-9-5-2-6-10-17/h1-10,13-14,19-21H,11-12H2,(H,30,31)/t19-,20+,21+/m1/s1. The van der Waals surface area contributed by atoms with E-state index in [4.69, 9.17) is 16.4 Å². The van der Waals surface area contributed by atoms with Gasteiger partial charge in [0.05, 0.1) is 22.3 Å². The number of nitrogens with one attached hydrogen (secondary N) is 1. The number of aromatic nitrogens is 1. The predicted molar refractivity (Wildman–Crippen MR) is 126 cm³/mol. The van der Waals surface area contributed by atoms with Crippen LogP contribution in [-0.4, -0.2) is 40.9 Å². The topological polar surface area (TPSA) is 74.8 Å². The van der Waals surface area contributed by atoms with E-state index in [9.17, 15) is 22.8 Å². The van der Waals surface area contributed by atoms with Crippen LogP contribution in [0.5, 0.6) is 0 Å². The fraction of sp³-hybridized carbons (Fsp3) is 0.240. The molecule has 2 fully saturated rings. The first-order chi connectivity index (χ1) is 17.3. The third-order valence-electron chi connectivity index (χ3n) is 6.15. The van der Waals surface area contributed by atoms with Crippen LogP contribution >= 0.6 is 11.6 Å². The highest BCUT2D eigenvalue weighted by Gasteiger charge is 2.59. The number of amides is 2. The number of hydroxylamine groups is 1. The number of pyridine rings is 1. The molecule has 2 amide bonds. The molecule has 186 valence electrons. The average Bonchev–Trinajstić information content (AvgIpc) is 3.37. The van der Waals surface area contributed by atoms with E-state index in [-0.39, 0.29) is 29.8 Å². The molecule has 0 saturated carbocycles. The van der Waals surface area contributed by atoms with Gasteiger partial charge in [-0.1, -0.05) is 60.1 Å². The summed E-state index contributed by atoms with van der Waals surface area (Å²) in [6, 6.07) is 18.8. The normalized spacial score (nSPS) is 21.7. The summed E-state index contributed by atoms with van der Waals surface area (Å²) in [6.07, 6.45) is -4.89. The summed E-state index contributed by atoms with van der Waals surface area (Å²) in [5, 5.41) is 4.19. The first-order valence-corrected chi connectivity index (χ1v) is 11.5. The number of carbonyl (C=O) groups is 2. The molecule has 11 heteroatoms. The molecule has 2 aliphatic rings. The molecule has 0 radical (unpaired) electrons. The molecule has 7 nitrogen and oxygen atoms in total. The first-order valence-electron chi connectivity index (χ1n) is 11.1. The Morgan fingerprint density at radius 3 is 2.31 bits per heavy atom. The lowest BCUT2D eigenvalue weighted by atomic mass is 9.90. The second-order valence-electron chi connectivity index (χ2n) is 8.38. The lowest BCUT2D eigenvalue weighted by molar-refractivity contribution is -0.143. The van der Waals surface area contributed by atoms with Crippen molar-refractivity contribution in [3.63, 3.8) is 0 Å². The van der Waals surface area contributed by atoms with Crippen molar-refractivity contribution in [1.29, 1.82) is 0 Å². The van der Waals surface area contributed by atoms with Gasteiger partial charge in [-0.05, 0) is 23.8 Å². The maximum Gasteiger partial charge on any atom is 0.417 e. The molecule has 2 aromatic carbocycles. The highest BCUT2D eigenvalue weighted by molar-refractivity contribution is 6.33. The second kappa shape index (κ2) is 9.44. The Morgan fingerprint density at radius 2 is 1.67 bits per heavy atom.